The first kappa shape index (κ1) is 26.1. The molecule has 5 atom stereocenters. The number of hydrogen-bond acceptors (Lipinski definition) is 6. The van der Waals surface area contributed by atoms with Gasteiger partial charge in [-0.1, -0.05) is 18.9 Å². The lowest BCUT2D eigenvalue weighted by atomic mass is 9.82. The number of H-pyrrole nitrogens is 1. The average molecular weight is 522 g/mol. The SMILES string of the molecule is COc1cccc2[nH]c(C(=O)N3CC4CCCC4C3C(=O)NC(CC3CCCCC3=O)C(=O)C(C)=O)cc12. The normalized spacial score (nSPS) is 25.7. The second-order valence-corrected chi connectivity index (χ2v) is 11.0. The summed E-state index contributed by atoms with van der Waals surface area (Å²) in [7, 11) is 1.57. The van der Waals surface area contributed by atoms with Crippen LogP contribution in [-0.2, 0) is 19.2 Å². The van der Waals surface area contributed by atoms with Gasteiger partial charge in [0, 0.05) is 36.7 Å². The second kappa shape index (κ2) is 10.7. The maximum Gasteiger partial charge on any atom is 0.271 e. The topological polar surface area (TPSA) is 126 Å². The maximum atomic E-state index is 13.8. The van der Waals surface area contributed by atoms with Gasteiger partial charge in [0.2, 0.25) is 11.7 Å². The van der Waals surface area contributed by atoms with E-state index in [1.807, 2.05) is 18.2 Å². The van der Waals surface area contributed by atoms with Gasteiger partial charge >= 0.3 is 0 Å². The molecule has 3 aliphatic rings. The first-order valence-corrected chi connectivity index (χ1v) is 13.6. The van der Waals surface area contributed by atoms with E-state index in [0.717, 1.165) is 43.0 Å². The van der Waals surface area contributed by atoms with Crippen LogP contribution in [0.15, 0.2) is 24.3 Å². The molecule has 2 N–H and O–H groups in total. The van der Waals surface area contributed by atoms with Crippen LogP contribution in [0, 0.1) is 17.8 Å². The molecule has 9 nitrogen and oxygen atoms in total. The van der Waals surface area contributed by atoms with Crippen molar-refractivity contribution in [2.24, 2.45) is 17.8 Å². The number of nitrogens with one attached hydrogen (secondary N) is 2. The summed E-state index contributed by atoms with van der Waals surface area (Å²) >= 11 is 0. The number of amides is 2. The number of carbonyl (C=O) groups is 5. The van der Waals surface area contributed by atoms with Crippen molar-refractivity contribution in [3.63, 3.8) is 0 Å². The van der Waals surface area contributed by atoms with Crippen LogP contribution in [-0.4, -0.2) is 64.8 Å². The van der Waals surface area contributed by atoms with E-state index in [2.05, 4.69) is 10.3 Å². The number of aromatic nitrogens is 1. The molecule has 1 aromatic carbocycles. The molecule has 2 aliphatic carbocycles. The summed E-state index contributed by atoms with van der Waals surface area (Å²) in [5.74, 6) is -1.49. The van der Waals surface area contributed by atoms with Gasteiger partial charge in [-0.05, 0) is 62.1 Å². The minimum atomic E-state index is -1.07. The molecule has 1 aromatic heterocycles. The Morgan fingerprint density at radius 1 is 1.13 bits per heavy atom. The number of carbonyl (C=O) groups excluding carboxylic acids is 5. The number of hydrogen-bond donors (Lipinski definition) is 2. The minimum Gasteiger partial charge on any atom is -0.496 e. The van der Waals surface area contributed by atoms with Crippen LogP contribution in [0.3, 0.4) is 0 Å². The molecule has 2 amide bonds. The van der Waals surface area contributed by atoms with Crippen LogP contribution in [0.1, 0.15) is 68.8 Å². The molecule has 3 fully saturated rings. The molecule has 0 spiro atoms. The number of likely N-dealkylation sites (tertiary alicyclic amines) is 1. The predicted octanol–water partition coefficient (Wildman–Crippen LogP) is 3.21. The van der Waals surface area contributed by atoms with E-state index in [1.54, 1.807) is 18.1 Å². The predicted molar refractivity (Wildman–Crippen MR) is 140 cm³/mol. The quantitative estimate of drug-likeness (QED) is 0.514. The standard InChI is InChI=1S/C29H35N3O6/c1-16(33)27(35)22(13-17-7-3-4-11-24(17)34)31-28(36)26-19-9-5-8-18(19)15-32(26)29(37)23-14-20-21(30-23)10-6-12-25(20)38-2/h6,10,12,14,17-19,22,26,30H,3-5,7-9,11,13,15H2,1-2H3,(H,31,36). The average Bonchev–Trinajstić information content (AvgIpc) is 3.62. The van der Waals surface area contributed by atoms with E-state index >= 15 is 0 Å². The lowest BCUT2D eigenvalue weighted by molar-refractivity contribution is -0.139. The van der Waals surface area contributed by atoms with Crippen LogP contribution >= 0.6 is 0 Å². The summed E-state index contributed by atoms with van der Waals surface area (Å²) in [4.78, 5) is 69.6. The molecule has 202 valence electrons. The molecule has 1 aliphatic heterocycles. The molecular formula is C29H35N3O6. The van der Waals surface area contributed by atoms with Gasteiger partial charge in [-0.2, -0.15) is 0 Å². The Bertz CT molecular complexity index is 1280. The first-order valence-electron chi connectivity index (χ1n) is 13.6. The van der Waals surface area contributed by atoms with Gasteiger partial charge < -0.3 is 19.9 Å². The molecule has 0 radical (unpaired) electrons. The molecule has 9 heteroatoms. The fourth-order valence-corrected chi connectivity index (χ4v) is 6.75. The zero-order valence-electron chi connectivity index (χ0n) is 22.0. The Labute approximate surface area is 221 Å². The molecular weight excluding hydrogens is 486 g/mol. The molecule has 5 rings (SSSR count). The Hall–Kier alpha value is -3.49. The van der Waals surface area contributed by atoms with Gasteiger partial charge in [0.25, 0.3) is 5.91 Å². The van der Waals surface area contributed by atoms with E-state index in [9.17, 15) is 24.0 Å². The summed E-state index contributed by atoms with van der Waals surface area (Å²) in [6, 6.07) is 5.46. The third-order valence-electron chi connectivity index (χ3n) is 8.68. The highest BCUT2D eigenvalue weighted by Crippen LogP contribution is 2.43. The molecule has 1 saturated heterocycles. The van der Waals surface area contributed by atoms with Crippen LogP contribution in [0.5, 0.6) is 5.75 Å². The molecule has 2 aromatic rings. The van der Waals surface area contributed by atoms with Crippen molar-refractivity contribution in [1.29, 1.82) is 0 Å². The van der Waals surface area contributed by atoms with Gasteiger partial charge in [-0.15, -0.1) is 0 Å². The number of methoxy groups -OCH3 is 1. The largest absolute Gasteiger partial charge is 0.496 e. The number of Topliss-reactive ketones (excluding diaryl/α,β-unsaturated/α-hetero) is 3. The zero-order chi connectivity index (χ0) is 27.0. The van der Waals surface area contributed by atoms with Crippen LogP contribution < -0.4 is 10.1 Å². The van der Waals surface area contributed by atoms with Crippen molar-refractivity contribution in [3.05, 3.63) is 30.0 Å². The fourth-order valence-electron chi connectivity index (χ4n) is 6.75. The Morgan fingerprint density at radius 2 is 1.95 bits per heavy atom. The Morgan fingerprint density at radius 3 is 2.68 bits per heavy atom. The van der Waals surface area contributed by atoms with E-state index in [-0.39, 0.29) is 35.9 Å². The van der Waals surface area contributed by atoms with Gasteiger partial charge in [-0.3, -0.25) is 24.0 Å². The smallest absolute Gasteiger partial charge is 0.271 e. The van der Waals surface area contributed by atoms with Crippen molar-refractivity contribution in [1.82, 2.24) is 15.2 Å². The lowest BCUT2D eigenvalue weighted by Crippen LogP contribution is -2.54. The molecule has 2 heterocycles. The fraction of sp³-hybridized carbons (Fsp3) is 0.552. The number of nitrogens with zero attached hydrogens (tertiary/aromatic N) is 1. The first-order chi connectivity index (χ1) is 18.3. The number of fused-ring (bicyclic) bond motifs is 2. The summed E-state index contributed by atoms with van der Waals surface area (Å²) < 4.78 is 5.43. The van der Waals surface area contributed by atoms with Crippen molar-refractivity contribution in [3.8, 4) is 5.75 Å². The third kappa shape index (κ3) is 4.86. The van der Waals surface area contributed by atoms with Crippen LogP contribution in [0.4, 0.5) is 0 Å². The van der Waals surface area contributed by atoms with E-state index in [0.29, 0.717) is 30.8 Å². The summed E-state index contributed by atoms with van der Waals surface area (Å²) in [5, 5.41) is 3.60. The Kier molecular flexibility index (Phi) is 7.36. The minimum absolute atomic E-state index is 0.0118. The number of benzene rings is 1. The lowest BCUT2D eigenvalue weighted by Gasteiger charge is -2.30. The summed E-state index contributed by atoms with van der Waals surface area (Å²) in [6.07, 6.45) is 5.69. The summed E-state index contributed by atoms with van der Waals surface area (Å²) in [6.45, 7) is 1.65. The Balaban J connectivity index is 1.40. The number of aromatic amines is 1. The number of ether oxygens (including phenoxy) is 1. The van der Waals surface area contributed by atoms with Crippen molar-refractivity contribution >= 4 is 40.1 Å². The second-order valence-electron chi connectivity index (χ2n) is 11.0. The number of rotatable bonds is 8. The van der Waals surface area contributed by atoms with Crippen molar-refractivity contribution < 1.29 is 28.7 Å². The maximum absolute atomic E-state index is 13.8. The molecule has 2 saturated carbocycles. The van der Waals surface area contributed by atoms with Gasteiger partial charge in [0.15, 0.2) is 5.78 Å². The summed E-state index contributed by atoms with van der Waals surface area (Å²) in [5.41, 5.74) is 1.13. The van der Waals surface area contributed by atoms with E-state index in [4.69, 9.17) is 4.74 Å². The van der Waals surface area contributed by atoms with Gasteiger partial charge in [0.1, 0.15) is 23.3 Å². The molecule has 38 heavy (non-hydrogen) atoms. The van der Waals surface area contributed by atoms with Crippen molar-refractivity contribution in [2.75, 3.05) is 13.7 Å². The highest BCUT2D eigenvalue weighted by molar-refractivity contribution is 6.38. The highest BCUT2D eigenvalue weighted by Gasteiger charge is 2.50. The molecule has 0 bridgehead atoms. The highest BCUT2D eigenvalue weighted by atomic mass is 16.5. The number of ketones is 3. The van der Waals surface area contributed by atoms with Crippen LogP contribution in [0.25, 0.3) is 10.9 Å². The zero-order valence-corrected chi connectivity index (χ0v) is 22.0. The van der Waals surface area contributed by atoms with Gasteiger partial charge in [-0.25, -0.2) is 0 Å². The van der Waals surface area contributed by atoms with Gasteiger partial charge in [0.05, 0.1) is 13.2 Å². The molecule has 5 unspecified atom stereocenters. The van der Waals surface area contributed by atoms with E-state index in [1.165, 1.54) is 6.92 Å². The van der Waals surface area contributed by atoms with Crippen molar-refractivity contribution in [2.45, 2.75) is 70.4 Å². The monoisotopic (exact) mass is 521 g/mol. The van der Waals surface area contributed by atoms with Crippen LogP contribution in [0.2, 0.25) is 0 Å². The third-order valence-corrected chi connectivity index (χ3v) is 8.68. The van der Waals surface area contributed by atoms with E-state index < -0.39 is 29.6 Å².